The first kappa shape index (κ1) is 13.4. The lowest BCUT2D eigenvalue weighted by Crippen LogP contribution is -2.46. The molecule has 2 aliphatic heterocycles. The van der Waals surface area contributed by atoms with E-state index in [1.807, 2.05) is 17.0 Å². The zero-order chi connectivity index (χ0) is 13.9. The lowest BCUT2D eigenvalue weighted by Gasteiger charge is -2.35. The van der Waals surface area contributed by atoms with Gasteiger partial charge in [-0.05, 0) is 36.8 Å². The Bertz CT molecular complexity index is 489. The van der Waals surface area contributed by atoms with Crippen molar-refractivity contribution in [3.05, 3.63) is 29.8 Å². The van der Waals surface area contributed by atoms with Crippen molar-refractivity contribution in [3.63, 3.8) is 0 Å². The minimum absolute atomic E-state index is 0.0299. The number of rotatable bonds is 2. The van der Waals surface area contributed by atoms with Crippen LogP contribution in [0.4, 0.5) is 5.69 Å². The number of anilines is 1. The molecule has 20 heavy (non-hydrogen) atoms. The maximum Gasteiger partial charge on any atom is 0.227 e. The van der Waals surface area contributed by atoms with Crippen molar-refractivity contribution in [1.82, 2.24) is 4.90 Å². The molecule has 4 nitrogen and oxygen atoms in total. The summed E-state index contributed by atoms with van der Waals surface area (Å²) >= 11 is 0. The van der Waals surface area contributed by atoms with Gasteiger partial charge in [0.25, 0.3) is 0 Å². The van der Waals surface area contributed by atoms with Crippen LogP contribution in [0.2, 0.25) is 0 Å². The Kier molecular flexibility index (Phi) is 3.92. The van der Waals surface area contributed by atoms with E-state index >= 15 is 0 Å². The van der Waals surface area contributed by atoms with Gasteiger partial charge in [0, 0.05) is 31.9 Å². The third-order valence-electron chi connectivity index (χ3n) is 4.46. The summed E-state index contributed by atoms with van der Waals surface area (Å²) in [4.78, 5) is 14.6. The van der Waals surface area contributed by atoms with Crippen LogP contribution in [-0.2, 0) is 11.2 Å². The van der Waals surface area contributed by atoms with E-state index in [4.69, 9.17) is 0 Å². The number of fused-ring (bicyclic) bond motifs is 1. The number of nitrogens with one attached hydrogen (secondary N) is 1. The molecular weight excluding hydrogens is 252 g/mol. The Morgan fingerprint density at radius 3 is 3.10 bits per heavy atom. The van der Waals surface area contributed by atoms with Crippen molar-refractivity contribution < 1.29 is 9.90 Å². The summed E-state index contributed by atoms with van der Waals surface area (Å²) in [5.41, 5.74) is 2.39. The highest BCUT2D eigenvalue weighted by Crippen LogP contribution is 2.26. The van der Waals surface area contributed by atoms with Gasteiger partial charge in [0.15, 0.2) is 0 Å². The molecule has 2 atom stereocenters. The molecule has 0 spiro atoms. The Morgan fingerprint density at radius 1 is 1.40 bits per heavy atom. The molecule has 1 saturated heterocycles. The van der Waals surface area contributed by atoms with Gasteiger partial charge in [-0.25, -0.2) is 0 Å². The molecule has 2 unspecified atom stereocenters. The number of amides is 1. The standard InChI is InChI=1S/C16H22N2O2/c19-11-12-4-3-7-18(10-12)16(20)14-8-13-5-1-2-6-15(13)17-9-14/h1-2,5-6,12,14,17,19H,3-4,7-11H2. The number of para-hydroxylation sites is 1. The van der Waals surface area contributed by atoms with Crippen LogP contribution in [0.5, 0.6) is 0 Å². The minimum atomic E-state index is 0.0299. The maximum atomic E-state index is 12.6. The molecule has 1 aromatic carbocycles. The van der Waals surface area contributed by atoms with E-state index < -0.39 is 0 Å². The number of hydrogen-bond donors (Lipinski definition) is 2. The molecule has 108 valence electrons. The molecule has 4 heteroatoms. The third kappa shape index (κ3) is 2.66. The van der Waals surface area contributed by atoms with Crippen LogP contribution < -0.4 is 5.32 Å². The van der Waals surface area contributed by atoms with Gasteiger partial charge in [0.05, 0.1) is 5.92 Å². The van der Waals surface area contributed by atoms with E-state index in [9.17, 15) is 9.90 Å². The zero-order valence-corrected chi connectivity index (χ0v) is 11.7. The van der Waals surface area contributed by atoms with Gasteiger partial charge in [-0.15, -0.1) is 0 Å². The summed E-state index contributed by atoms with van der Waals surface area (Å²) in [6.07, 6.45) is 2.86. The largest absolute Gasteiger partial charge is 0.396 e. The Hall–Kier alpha value is -1.55. The number of hydrogen-bond acceptors (Lipinski definition) is 3. The van der Waals surface area contributed by atoms with Crippen molar-refractivity contribution in [3.8, 4) is 0 Å². The van der Waals surface area contributed by atoms with Crippen LogP contribution in [0.25, 0.3) is 0 Å². The second-order valence-electron chi connectivity index (χ2n) is 5.91. The minimum Gasteiger partial charge on any atom is -0.396 e. The molecule has 1 amide bonds. The van der Waals surface area contributed by atoms with Crippen molar-refractivity contribution in [2.45, 2.75) is 19.3 Å². The molecule has 2 heterocycles. The van der Waals surface area contributed by atoms with Crippen LogP contribution in [0.15, 0.2) is 24.3 Å². The Labute approximate surface area is 119 Å². The first-order valence-corrected chi connectivity index (χ1v) is 7.49. The van der Waals surface area contributed by atoms with Gasteiger partial charge < -0.3 is 15.3 Å². The second-order valence-corrected chi connectivity index (χ2v) is 5.91. The number of aliphatic hydroxyl groups excluding tert-OH is 1. The highest BCUT2D eigenvalue weighted by atomic mass is 16.3. The number of carbonyl (C=O) groups is 1. The number of piperidine rings is 1. The molecule has 0 aliphatic carbocycles. The fraction of sp³-hybridized carbons (Fsp3) is 0.562. The lowest BCUT2D eigenvalue weighted by atomic mass is 9.91. The summed E-state index contributed by atoms with van der Waals surface area (Å²) in [5.74, 6) is 0.532. The summed E-state index contributed by atoms with van der Waals surface area (Å²) in [5, 5.41) is 12.6. The topological polar surface area (TPSA) is 52.6 Å². The fourth-order valence-corrected chi connectivity index (χ4v) is 3.29. The number of nitrogens with zero attached hydrogens (tertiary/aromatic N) is 1. The lowest BCUT2D eigenvalue weighted by molar-refractivity contribution is -0.137. The highest BCUT2D eigenvalue weighted by molar-refractivity contribution is 5.81. The molecule has 0 bridgehead atoms. The van der Waals surface area contributed by atoms with Crippen molar-refractivity contribution >= 4 is 11.6 Å². The summed E-state index contributed by atoms with van der Waals surface area (Å²) in [7, 11) is 0. The maximum absolute atomic E-state index is 12.6. The highest BCUT2D eigenvalue weighted by Gasteiger charge is 2.30. The normalized spacial score (nSPS) is 25.8. The predicted molar refractivity (Wildman–Crippen MR) is 78.5 cm³/mol. The van der Waals surface area contributed by atoms with Crippen molar-refractivity contribution in [1.29, 1.82) is 0 Å². The average Bonchev–Trinajstić information content (AvgIpc) is 2.53. The van der Waals surface area contributed by atoms with Gasteiger partial charge in [-0.1, -0.05) is 18.2 Å². The van der Waals surface area contributed by atoms with Gasteiger partial charge in [-0.3, -0.25) is 4.79 Å². The Morgan fingerprint density at radius 2 is 2.25 bits per heavy atom. The number of aliphatic hydroxyl groups is 1. The van der Waals surface area contributed by atoms with Crippen molar-refractivity contribution in [2.75, 3.05) is 31.6 Å². The van der Waals surface area contributed by atoms with Gasteiger partial charge in [0.1, 0.15) is 0 Å². The number of benzene rings is 1. The zero-order valence-electron chi connectivity index (χ0n) is 11.7. The van der Waals surface area contributed by atoms with Crippen LogP contribution in [0.1, 0.15) is 18.4 Å². The van der Waals surface area contributed by atoms with Crippen LogP contribution >= 0.6 is 0 Å². The molecule has 0 aromatic heterocycles. The first-order chi connectivity index (χ1) is 9.78. The van der Waals surface area contributed by atoms with Crippen molar-refractivity contribution in [2.24, 2.45) is 11.8 Å². The van der Waals surface area contributed by atoms with E-state index in [-0.39, 0.29) is 24.3 Å². The Balaban J connectivity index is 1.67. The number of carbonyl (C=O) groups excluding carboxylic acids is 1. The van der Waals surface area contributed by atoms with Crippen LogP contribution in [-0.4, -0.2) is 42.2 Å². The molecule has 2 aliphatic rings. The molecule has 0 saturated carbocycles. The van der Waals surface area contributed by atoms with Gasteiger partial charge >= 0.3 is 0 Å². The van der Waals surface area contributed by atoms with Gasteiger partial charge in [-0.2, -0.15) is 0 Å². The third-order valence-corrected chi connectivity index (χ3v) is 4.46. The smallest absolute Gasteiger partial charge is 0.227 e. The van der Waals surface area contributed by atoms with E-state index in [2.05, 4.69) is 17.4 Å². The van der Waals surface area contributed by atoms with E-state index in [1.165, 1.54) is 5.56 Å². The van der Waals surface area contributed by atoms with Gasteiger partial charge in [0.2, 0.25) is 5.91 Å². The average molecular weight is 274 g/mol. The predicted octanol–water partition coefficient (Wildman–Crippen LogP) is 1.50. The summed E-state index contributed by atoms with van der Waals surface area (Å²) in [6, 6.07) is 8.20. The molecule has 3 rings (SSSR count). The molecule has 0 radical (unpaired) electrons. The van der Waals surface area contributed by atoms with Crippen LogP contribution in [0, 0.1) is 11.8 Å². The monoisotopic (exact) mass is 274 g/mol. The SMILES string of the molecule is O=C(C1CNc2ccccc2C1)N1CCCC(CO)C1. The summed E-state index contributed by atoms with van der Waals surface area (Å²) in [6.45, 7) is 2.46. The number of likely N-dealkylation sites (tertiary alicyclic amines) is 1. The van der Waals surface area contributed by atoms with E-state index in [0.29, 0.717) is 6.54 Å². The molecular formula is C16H22N2O2. The molecule has 2 N–H and O–H groups in total. The first-order valence-electron chi connectivity index (χ1n) is 7.49. The fourth-order valence-electron chi connectivity index (χ4n) is 3.29. The summed E-state index contributed by atoms with van der Waals surface area (Å²) < 4.78 is 0. The van der Waals surface area contributed by atoms with Crippen LogP contribution in [0.3, 0.4) is 0 Å². The van der Waals surface area contributed by atoms with E-state index in [0.717, 1.165) is 38.0 Å². The molecule has 1 fully saturated rings. The molecule has 1 aromatic rings. The van der Waals surface area contributed by atoms with E-state index in [1.54, 1.807) is 0 Å². The second kappa shape index (κ2) is 5.83. The quantitative estimate of drug-likeness (QED) is 0.859.